The Morgan fingerprint density at radius 3 is 2.60 bits per heavy atom. The molecule has 0 aliphatic heterocycles. The van der Waals surface area contributed by atoms with Crippen molar-refractivity contribution in [2.45, 2.75) is 37.7 Å². The number of halogens is 3. The number of hydrogen-bond acceptors (Lipinski definition) is 3. The van der Waals surface area contributed by atoms with Crippen molar-refractivity contribution in [3.63, 3.8) is 0 Å². The van der Waals surface area contributed by atoms with Gasteiger partial charge in [-0.2, -0.15) is 0 Å². The number of methoxy groups -OCH3 is 1. The first-order chi connectivity index (χ1) is 9.41. The summed E-state index contributed by atoms with van der Waals surface area (Å²) in [6.45, 7) is 0. The highest BCUT2D eigenvalue weighted by atomic mass is 79.9. The van der Waals surface area contributed by atoms with Crippen molar-refractivity contribution in [2.75, 3.05) is 7.11 Å². The summed E-state index contributed by atoms with van der Waals surface area (Å²) >= 11 is 3.33. The summed E-state index contributed by atoms with van der Waals surface area (Å²) in [4.78, 5) is 11.5. The van der Waals surface area contributed by atoms with Gasteiger partial charge < -0.3 is 9.47 Å². The minimum absolute atomic E-state index is 0.161. The van der Waals surface area contributed by atoms with E-state index < -0.39 is 11.9 Å². The Morgan fingerprint density at radius 2 is 2.00 bits per heavy atom. The van der Waals surface area contributed by atoms with Crippen LogP contribution in [-0.2, 0) is 4.74 Å². The second-order valence-corrected chi connectivity index (χ2v) is 5.66. The Morgan fingerprint density at radius 1 is 1.35 bits per heavy atom. The Bertz CT molecular complexity index is 495. The van der Waals surface area contributed by atoms with E-state index in [4.69, 9.17) is 4.74 Å². The summed E-state index contributed by atoms with van der Waals surface area (Å²) in [6.07, 6.45) is 0.0423. The van der Waals surface area contributed by atoms with Crippen LogP contribution in [0.5, 0.6) is 5.75 Å². The van der Waals surface area contributed by atoms with E-state index in [0.29, 0.717) is 28.6 Å². The molecule has 1 saturated carbocycles. The summed E-state index contributed by atoms with van der Waals surface area (Å²) in [6, 6.07) is 4.85. The van der Waals surface area contributed by atoms with E-state index in [-0.39, 0.29) is 18.9 Å². The molecule has 0 amide bonds. The first-order valence-electron chi connectivity index (χ1n) is 6.33. The summed E-state index contributed by atoms with van der Waals surface area (Å²) in [5.74, 6) is -2.56. The van der Waals surface area contributed by atoms with E-state index in [1.165, 1.54) is 7.11 Å². The SMILES string of the molecule is COC(=O)c1ccc(Br)c(OC2CCC(F)(F)CC2)c1. The number of carbonyl (C=O) groups excluding carboxylic acids is 1. The number of benzene rings is 1. The van der Waals surface area contributed by atoms with Gasteiger partial charge in [0.15, 0.2) is 0 Å². The van der Waals surface area contributed by atoms with Crippen molar-refractivity contribution in [3.05, 3.63) is 28.2 Å². The highest BCUT2D eigenvalue weighted by Gasteiger charge is 2.35. The lowest BCUT2D eigenvalue weighted by atomic mass is 9.94. The maximum Gasteiger partial charge on any atom is 0.337 e. The molecule has 1 aromatic rings. The zero-order valence-electron chi connectivity index (χ0n) is 11.0. The number of esters is 1. The van der Waals surface area contributed by atoms with Gasteiger partial charge in [0.2, 0.25) is 5.92 Å². The fraction of sp³-hybridized carbons (Fsp3) is 0.500. The van der Waals surface area contributed by atoms with E-state index >= 15 is 0 Å². The molecule has 0 aromatic heterocycles. The van der Waals surface area contributed by atoms with Crippen molar-refractivity contribution in [1.82, 2.24) is 0 Å². The van der Waals surface area contributed by atoms with E-state index in [1.807, 2.05) is 0 Å². The Hall–Kier alpha value is -1.17. The molecule has 0 N–H and O–H groups in total. The molecule has 6 heteroatoms. The molecule has 0 atom stereocenters. The fourth-order valence-electron chi connectivity index (χ4n) is 2.15. The first-order valence-corrected chi connectivity index (χ1v) is 7.13. The maximum atomic E-state index is 13.1. The van der Waals surface area contributed by atoms with Gasteiger partial charge in [0.05, 0.1) is 23.2 Å². The van der Waals surface area contributed by atoms with Crippen LogP contribution in [0.15, 0.2) is 22.7 Å². The second-order valence-electron chi connectivity index (χ2n) is 4.81. The second kappa shape index (κ2) is 6.08. The average molecular weight is 349 g/mol. The Kier molecular flexibility index (Phi) is 4.62. The molecule has 3 nitrogen and oxygen atoms in total. The topological polar surface area (TPSA) is 35.5 Å². The summed E-state index contributed by atoms with van der Waals surface area (Å²) < 4.78 is 37.2. The average Bonchev–Trinajstić information content (AvgIpc) is 2.42. The molecule has 0 unspecified atom stereocenters. The van der Waals surface area contributed by atoms with Crippen LogP contribution >= 0.6 is 15.9 Å². The van der Waals surface area contributed by atoms with Gasteiger partial charge in [-0.25, -0.2) is 13.6 Å². The minimum atomic E-state index is -2.58. The lowest BCUT2D eigenvalue weighted by Gasteiger charge is -2.29. The third-order valence-corrected chi connectivity index (χ3v) is 3.97. The van der Waals surface area contributed by atoms with Crippen LogP contribution in [0.1, 0.15) is 36.0 Å². The van der Waals surface area contributed by atoms with E-state index in [9.17, 15) is 13.6 Å². The molecule has 1 aliphatic carbocycles. The molecular formula is C14H15BrF2O3. The zero-order chi connectivity index (χ0) is 14.8. The molecular weight excluding hydrogens is 334 g/mol. The van der Waals surface area contributed by atoms with E-state index in [1.54, 1.807) is 18.2 Å². The molecule has 20 heavy (non-hydrogen) atoms. The summed E-state index contributed by atoms with van der Waals surface area (Å²) in [5, 5.41) is 0. The number of ether oxygens (including phenoxy) is 2. The van der Waals surface area contributed by atoms with Crippen LogP contribution in [-0.4, -0.2) is 25.1 Å². The molecule has 0 spiro atoms. The highest BCUT2D eigenvalue weighted by Crippen LogP contribution is 2.36. The monoisotopic (exact) mass is 348 g/mol. The van der Waals surface area contributed by atoms with Crippen LogP contribution in [0.3, 0.4) is 0 Å². The Balaban J connectivity index is 2.07. The van der Waals surface area contributed by atoms with Crippen LogP contribution in [0, 0.1) is 0 Å². The lowest BCUT2D eigenvalue weighted by molar-refractivity contribution is -0.0583. The molecule has 1 fully saturated rings. The Labute approximate surface area is 124 Å². The van der Waals surface area contributed by atoms with Crippen molar-refractivity contribution >= 4 is 21.9 Å². The predicted molar refractivity (Wildman–Crippen MR) is 73.3 cm³/mol. The maximum absolute atomic E-state index is 13.1. The third-order valence-electron chi connectivity index (χ3n) is 3.31. The third kappa shape index (κ3) is 3.69. The largest absolute Gasteiger partial charge is 0.489 e. The zero-order valence-corrected chi connectivity index (χ0v) is 12.6. The predicted octanol–water partition coefficient (Wildman–Crippen LogP) is 4.19. The first kappa shape index (κ1) is 15.2. The van der Waals surface area contributed by atoms with Gasteiger partial charge in [-0.15, -0.1) is 0 Å². The molecule has 0 radical (unpaired) electrons. The minimum Gasteiger partial charge on any atom is -0.489 e. The van der Waals surface area contributed by atoms with Gasteiger partial charge in [-0.3, -0.25) is 0 Å². The van der Waals surface area contributed by atoms with Gasteiger partial charge in [0.1, 0.15) is 5.75 Å². The van der Waals surface area contributed by atoms with Crippen molar-refractivity contribution in [3.8, 4) is 5.75 Å². The summed E-state index contributed by atoms with van der Waals surface area (Å²) in [7, 11) is 1.30. The molecule has 0 saturated heterocycles. The van der Waals surface area contributed by atoms with Gasteiger partial charge in [-0.1, -0.05) is 0 Å². The van der Waals surface area contributed by atoms with Crippen LogP contribution in [0.25, 0.3) is 0 Å². The van der Waals surface area contributed by atoms with Gasteiger partial charge in [0.25, 0.3) is 0 Å². The fourth-order valence-corrected chi connectivity index (χ4v) is 2.49. The van der Waals surface area contributed by atoms with Crippen LogP contribution < -0.4 is 4.74 Å². The van der Waals surface area contributed by atoms with E-state index in [0.717, 1.165) is 0 Å². The van der Waals surface area contributed by atoms with Crippen molar-refractivity contribution in [2.24, 2.45) is 0 Å². The lowest BCUT2D eigenvalue weighted by Crippen LogP contribution is -2.30. The smallest absolute Gasteiger partial charge is 0.337 e. The molecule has 0 heterocycles. The summed E-state index contributed by atoms with van der Waals surface area (Å²) in [5.41, 5.74) is 0.367. The molecule has 1 aliphatic rings. The molecule has 110 valence electrons. The molecule has 0 bridgehead atoms. The standard InChI is InChI=1S/C14H15BrF2O3/c1-19-13(18)9-2-3-11(15)12(8-9)20-10-4-6-14(16,17)7-5-10/h2-3,8,10H,4-7H2,1H3. The van der Waals surface area contributed by atoms with Gasteiger partial charge in [-0.05, 0) is 47.0 Å². The normalized spacial score (nSPS) is 18.6. The van der Waals surface area contributed by atoms with Crippen molar-refractivity contribution < 1.29 is 23.0 Å². The number of hydrogen-bond donors (Lipinski definition) is 0. The van der Waals surface area contributed by atoms with Gasteiger partial charge in [0, 0.05) is 12.8 Å². The molecule has 1 aromatic carbocycles. The number of alkyl halides is 2. The molecule has 2 rings (SSSR count). The number of rotatable bonds is 3. The quantitative estimate of drug-likeness (QED) is 0.768. The van der Waals surface area contributed by atoms with E-state index in [2.05, 4.69) is 20.7 Å². The van der Waals surface area contributed by atoms with Crippen LogP contribution in [0.2, 0.25) is 0 Å². The van der Waals surface area contributed by atoms with Crippen molar-refractivity contribution in [1.29, 1.82) is 0 Å². The number of carbonyl (C=O) groups is 1. The van der Waals surface area contributed by atoms with Gasteiger partial charge >= 0.3 is 5.97 Å². The van der Waals surface area contributed by atoms with Crippen LogP contribution in [0.4, 0.5) is 8.78 Å². The highest BCUT2D eigenvalue weighted by molar-refractivity contribution is 9.10.